The van der Waals surface area contributed by atoms with E-state index < -0.39 is 35.4 Å². The molecule has 0 spiro atoms. The highest BCUT2D eigenvalue weighted by atomic mass is 79.9. The highest BCUT2D eigenvalue weighted by Crippen LogP contribution is 2.33. The molecule has 0 radical (unpaired) electrons. The van der Waals surface area contributed by atoms with E-state index in [0.29, 0.717) is 75.4 Å². The number of benzene rings is 13. The Balaban J connectivity index is 0.000000180. The normalized spacial score (nSPS) is 10.2. The number of aromatic hydroxyl groups is 7. The molecule has 13 rings (SSSR count). The summed E-state index contributed by atoms with van der Waals surface area (Å²) in [6.07, 6.45) is 7.02. The number of anilines is 6. The maximum atomic E-state index is 12.4. The number of halogens is 10. The molecule has 0 aliphatic heterocycles. The zero-order valence-corrected chi connectivity index (χ0v) is 73.8. The molecule has 610 valence electrons. The maximum absolute atomic E-state index is 12.4. The predicted molar refractivity (Wildman–Crippen MR) is 495 cm³/mol. The molecule has 13 N–H and O–H groups in total. The molecule has 0 atom stereocenters. The van der Waals surface area contributed by atoms with Crippen LogP contribution in [0.1, 0.15) is 90.0 Å². The molecule has 13 aromatic carbocycles. The van der Waals surface area contributed by atoms with Gasteiger partial charge in [0.1, 0.15) is 40.2 Å². The second kappa shape index (κ2) is 44.9. The quantitative estimate of drug-likeness (QED) is 0.0356. The van der Waals surface area contributed by atoms with E-state index >= 15 is 0 Å². The Morgan fingerprint density at radius 1 is 0.308 bits per heavy atom. The number of carbonyl (C=O) groups excluding carboxylic acids is 6. The maximum Gasteiger partial charge on any atom is 0.259 e. The monoisotopic (exact) mass is 1980 g/mol. The van der Waals surface area contributed by atoms with Crippen molar-refractivity contribution in [1.29, 1.82) is 0 Å². The Morgan fingerprint density at radius 3 is 0.967 bits per heavy atom. The molecular weight excluding hydrogens is 1920 g/mol. The fraction of sp³-hybridized carbons (Fsp3) is 0.0330. The van der Waals surface area contributed by atoms with Gasteiger partial charge in [-0.25, -0.2) is 0 Å². The minimum absolute atomic E-state index is 0.0956. The predicted octanol–water partition coefficient (Wildman–Crippen LogP) is 25.8. The Hall–Kier alpha value is -11.8. The van der Waals surface area contributed by atoms with Crippen LogP contribution in [0.5, 0.6) is 40.2 Å². The van der Waals surface area contributed by atoms with Gasteiger partial charge in [0.2, 0.25) is 0 Å². The van der Waals surface area contributed by atoms with E-state index in [1.54, 1.807) is 73.7 Å². The third-order valence-corrected chi connectivity index (χ3v) is 19.5. The molecule has 6 amide bonds. The average Bonchev–Trinajstić information content (AvgIpc) is 0.846. The van der Waals surface area contributed by atoms with Gasteiger partial charge in [0.05, 0.1) is 33.4 Å². The van der Waals surface area contributed by atoms with Gasteiger partial charge in [-0.3, -0.25) is 28.8 Å². The van der Waals surface area contributed by atoms with Gasteiger partial charge >= 0.3 is 0 Å². The fourth-order valence-corrected chi connectivity index (χ4v) is 14.1. The van der Waals surface area contributed by atoms with Crippen LogP contribution < -0.4 is 31.9 Å². The van der Waals surface area contributed by atoms with E-state index in [-0.39, 0.29) is 73.6 Å². The lowest BCUT2D eigenvalue weighted by molar-refractivity contribution is 0.101. The zero-order chi connectivity index (χ0) is 87.6. The first-order valence-corrected chi connectivity index (χ1v) is 40.4. The standard InChI is InChI=1S/C20H16ClNO2.C15H9BrClNO2.C15H12ClNO2.C14H11BrClNO2.C14H12ClNO3.C13H8Br2ClNO2/c1-13-9-15(14-5-3-2-4-6-14)11-17(10-13)22-20(24)18-12-16(21)7-8-19(18)23;1-2-9-5-10(16)7-12(6-9)18-15(20)13-8-11(17)3-4-14(13)19;1-2-10-4-3-5-12(8-10)17-15(19)13-9-11(16)6-7-14(13)18;1-8-4-9(15)6-11(5-8)17-14(19)12-7-10(16)2-3-13(12)18;1-8-6-10(3-5-12(8)17)16-14(19)11-7-9(15)2-4-13(11)18;14-7-3-8(15)5-10(4-7)17-13(19)11-6-9(16)1-2-12(11)18/h2-12,23H,1H3,(H,22,24);1,3-8,19H,(H,18,20);2-9,18H,1H2,(H,17,19);2-7,18H,1H3,(H,17,19);2-7,17-18H,1H3,(H,16,19);1-6,18H,(H,17,19). The van der Waals surface area contributed by atoms with Gasteiger partial charge in [-0.1, -0.05) is 200 Å². The van der Waals surface area contributed by atoms with E-state index in [9.17, 15) is 64.5 Å². The van der Waals surface area contributed by atoms with Crippen molar-refractivity contribution in [1.82, 2.24) is 0 Å². The van der Waals surface area contributed by atoms with Crippen LogP contribution in [0.15, 0.2) is 279 Å². The fourth-order valence-electron chi connectivity index (χ4n) is 10.6. The van der Waals surface area contributed by atoms with Crippen molar-refractivity contribution in [3.63, 3.8) is 0 Å². The molecule has 29 heteroatoms. The molecule has 120 heavy (non-hydrogen) atoms. The van der Waals surface area contributed by atoms with Crippen LogP contribution in [0.2, 0.25) is 30.1 Å². The lowest BCUT2D eigenvalue weighted by Gasteiger charge is -2.11. The number of hydrogen-bond donors (Lipinski definition) is 13. The molecule has 0 aliphatic rings. The smallest absolute Gasteiger partial charge is 0.259 e. The molecule has 0 saturated heterocycles. The van der Waals surface area contributed by atoms with Crippen LogP contribution >= 0.6 is 133 Å². The van der Waals surface area contributed by atoms with Crippen molar-refractivity contribution in [2.75, 3.05) is 31.9 Å². The summed E-state index contributed by atoms with van der Waals surface area (Å²) in [4.78, 5) is 72.7. The van der Waals surface area contributed by atoms with Gasteiger partial charge in [0, 0.05) is 87.7 Å². The summed E-state index contributed by atoms with van der Waals surface area (Å²) < 4.78 is 3.27. The average molecular weight is 1990 g/mol. The van der Waals surface area contributed by atoms with Crippen molar-refractivity contribution in [2.24, 2.45) is 0 Å². The summed E-state index contributed by atoms with van der Waals surface area (Å²) in [5, 5.41) is 86.0. The molecule has 0 aliphatic carbocycles. The Morgan fingerprint density at radius 2 is 0.617 bits per heavy atom. The van der Waals surface area contributed by atoms with E-state index in [1.807, 2.05) is 86.6 Å². The molecule has 0 bridgehead atoms. The third-order valence-electron chi connectivity index (χ3n) is 16.2. The van der Waals surface area contributed by atoms with Crippen LogP contribution in [0, 0.1) is 33.1 Å². The molecule has 0 aromatic heterocycles. The summed E-state index contributed by atoms with van der Waals surface area (Å²) in [6, 6.07) is 69.6. The molecule has 0 fully saturated rings. The summed E-state index contributed by atoms with van der Waals surface area (Å²) in [6.45, 7) is 9.29. The summed E-state index contributed by atoms with van der Waals surface area (Å²) in [5.41, 5.74) is 10.6. The Labute approximate surface area is 753 Å². The van der Waals surface area contributed by atoms with E-state index in [1.165, 1.54) is 115 Å². The Bertz CT molecular complexity index is 5910. The van der Waals surface area contributed by atoms with Crippen molar-refractivity contribution >= 4 is 209 Å². The lowest BCUT2D eigenvalue weighted by atomic mass is 10.0. The summed E-state index contributed by atoms with van der Waals surface area (Å²) >= 11 is 48.3. The van der Waals surface area contributed by atoms with Gasteiger partial charge in [-0.05, 0) is 260 Å². The minimum atomic E-state index is -0.468. The van der Waals surface area contributed by atoms with Crippen molar-refractivity contribution in [3.05, 3.63) is 371 Å². The largest absolute Gasteiger partial charge is 0.508 e. The number of phenols is 7. The molecule has 19 nitrogen and oxygen atoms in total. The van der Waals surface area contributed by atoms with Crippen molar-refractivity contribution in [3.8, 4) is 63.7 Å². The first-order valence-electron chi connectivity index (χ1n) is 35.0. The van der Waals surface area contributed by atoms with Crippen LogP contribution in [0.4, 0.5) is 34.1 Å². The van der Waals surface area contributed by atoms with Crippen molar-refractivity contribution < 1.29 is 64.5 Å². The first kappa shape index (κ1) is 93.7. The topological polar surface area (TPSA) is 316 Å². The molecule has 13 aromatic rings. The van der Waals surface area contributed by atoms with Gasteiger partial charge < -0.3 is 67.6 Å². The summed E-state index contributed by atoms with van der Waals surface area (Å²) in [5.74, 6) is -0.650. The second-order valence-corrected chi connectivity index (χ2v) is 31.8. The van der Waals surface area contributed by atoms with E-state index in [4.69, 9.17) is 76.0 Å². The number of amides is 6. The van der Waals surface area contributed by atoms with Crippen LogP contribution in [0.25, 0.3) is 17.2 Å². The highest BCUT2D eigenvalue weighted by molar-refractivity contribution is 9.11. The van der Waals surface area contributed by atoms with Gasteiger partial charge in [0.15, 0.2) is 0 Å². The van der Waals surface area contributed by atoms with Crippen molar-refractivity contribution in [2.45, 2.75) is 20.8 Å². The number of rotatable bonds is 14. The SMILES string of the molecule is C#Cc1cc(Br)cc(NC(=O)c2cc(Cl)ccc2O)c1.C=Cc1cccc(NC(=O)c2cc(Cl)ccc2O)c1.Cc1cc(Br)cc(NC(=O)c2cc(Cl)ccc2O)c1.Cc1cc(NC(=O)c2cc(Cl)ccc2O)cc(-c2ccccc2)c1.Cc1cc(NC(=O)c2cc(Cl)ccc2O)ccc1O.O=C(Nc1cc(Br)cc(Br)c1)c1cc(Cl)ccc1O. The molecule has 0 heterocycles. The van der Waals surface area contributed by atoms with E-state index in [2.05, 4.69) is 114 Å². The number of phenolic OH excluding ortho intramolecular Hbond substituents is 7. The second-order valence-electron chi connectivity index (χ2n) is 25.5. The number of terminal acetylenes is 1. The van der Waals surface area contributed by atoms with Gasteiger partial charge in [-0.2, -0.15) is 0 Å². The van der Waals surface area contributed by atoms with E-state index in [0.717, 1.165) is 45.7 Å². The number of nitrogens with one attached hydrogen (secondary N) is 6. The first-order chi connectivity index (χ1) is 57.0. The number of hydrogen-bond acceptors (Lipinski definition) is 13. The minimum Gasteiger partial charge on any atom is -0.508 e. The van der Waals surface area contributed by atoms with Crippen LogP contribution in [-0.2, 0) is 0 Å². The Kier molecular flexibility index (Phi) is 35.1. The van der Waals surface area contributed by atoms with Crippen LogP contribution in [0.3, 0.4) is 0 Å². The zero-order valence-electron chi connectivity index (χ0n) is 63.0. The molecule has 0 unspecified atom stereocenters. The van der Waals surface area contributed by atoms with Gasteiger partial charge in [0.25, 0.3) is 35.4 Å². The highest BCUT2D eigenvalue weighted by Gasteiger charge is 2.20. The number of carbonyl (C=O) groups is 6. The molecule has 0 saturated carbocycles. The number of aryl methyl sites for hydroxylation is 3. The van der Waals surface area contributed by atoms with Gasteiger partial charge in [-0.15, -0.1) is 6.42 Å². The summed E-state index contributed by atoms with van der Waals surface area (Å²) in [7, 11) is 0. The third kappa shape index (κ3) is 29.1. The molecular formula is C91H68Br4Cl6N6O13. The van der Waals surface area contributed by atoms with Crippen LogP contribution in [-0.4, -0.2) is 71.2 Å². The lowest BCUT2D eigenvalue weighted by Crippen LogP contribution is -2.12.